The Hall–Kier alpha value is -2.08. The van der Waals surface area contributed by atoms with Gasteiger partial charge in [-0.1, -0.05) is 18.2 Å². The molecule has 6 heteroatoms. The Morgan fingerprint density at radius 1 is 1.19 bits per heavy atom. The lowest BCUT2D eigenvalue weighted by molar-refractivity contribution is 0.0591. The summed E-state index contributed by atoms with van der Waals surface area (Å²) in [5, 5.41) is 0. The fraction of sp³-hybridized carbons (Fsp3) is 0.267. The van der Waals surface area contributed by atoms with Gasteiger partial charge >= 0.3 is 5.97 Å². The number of hydrogen-bond donors (Lipinski definition) is 0. The molecule has 1 aromatic carbocycles. The largest absolute Gasteiger partial charge is 0.464 e. The maximum atomic E-state index is 12.7. The third-order valence-corrected chi connectivity index (χ3v) is 5.27. The van der Waals surface area contributed by atoms with Crippen molar-refractivity contribution in [2.24, 2.45) is 0 Å². The lowest BCUT2D eigenvalue weighted by Crippen LogP contribution is -2.19. The van der Waals surface area contributed by atoms with E-state index < -0.39 is 16.0 Å². The molecule has 1 aliphatic carbocycles. The molecule has 0 spiro atoms. The Balaban J connectivity index is 2.16. The molecule has 2 aromatic rings. The van der Waals surface area contributed by atoms with Gasteiger partial charge in [0, 0.05) is 6.20 Å². The van der Waals surface area contributed by atoms with Crippen LogP contribution in [-0.2, 0) is 14.8 Å². The van der Waals surface area contributed by atoms with Crippen LogP contribution in [0.2, 0.25) is 0 Å². The first-order valence-electron chi connectivity index (χ1n) is 6.66. The minimum atomic E-state index is -3.79. The van der Waals surface area contributed by atoms with Gasteiger partial charge in [-0.05, 0) is 42.5 Å². The Morgan fingerprint density at radius 2 is 1.86 bits per heavy atom. The van der Waals surface area contributed by atoms with E-state index in [1.165, 1.54) is 25.4 Å². The Labute approximate surface area is 123 Å². The van der Waals surface area contributed by atoms with Crippen molar-refractivity contribution in [2.45, 2.75) is 23.7 Å². The molecule has 3 rings (SSSR count). The van der Waals surface area contributed by atoms with Crippen LogP contribution in [0.25, 0.3) is 0 Å². The fourth-order valence-corrected chi connectivity index (χ4v) is 3.73. The van der Waals surface area contributed by atoms with Gasteiger partial charge in [0.25, 0.3) is 10.0 Å². The molecule has 1 heterocycles. The van der Waals surface area contributed by atoms with Crippen LogP contribution in [-0.4, -0.2) is 25.5 Å². The molecule has 1 aliphatic rings. The molecule has 5 nitrogen and oxygen atoms in total. The molecule has 0 atom stereocenters. The van der Waals surface area contributed by atoms with Crippen molar-refractivity contribution in [3.05, 3.63) is 53.9 Å². The first-order chi connectivity index (χ1) is 10.1. The Morgan fingerprint density at radius 3 is 2.43 bits per heavy atom. The van der Waals surface area contributed by atoms with Gasteiger partial charge in [-0.2, -0.15) is 0 Å². The minimum Gasteiger partial charge on any atom is -0.464 e. The number of aromatic nitrogens is 1. The van der Waals surface area contributed by atoms with E-state index in [2.05, 4.69) is 0 Å². The van der Waals surface area contributed by atoms with Crippen LogP contribution in [0.5, 0.6) is 0 Å². The second-order valence-corrected chi connectivity index (χ2v) is 6.81. The summed E-state index contributed by atoms with van der Waals surface area (Å²) in [6, 6.07) is 9.75. The highest BCUT2D eigenvalue weighted by Crippen LogP contribution is 2.42. The van der Waals surface area contributed by atoms with Gasteiger partial charge in [-0.25, -0.2) is 17.2 Å². The molecule has 110 valence electrons. The van der Waals surface area contributed by atoms with Gasteiger partial charge in [0.05, 0.1) is 12.0 Å². The summed E-state index contributed by atoms with van der Waals surface area (Å²) in [6.45, 7) is 0. The molecular weight excluding hydrogens is 290 g/mol. The topological polar surface area (TPSA) is 65.4 Å². The van der Waals surface area contributed by atoms with Crippen molar-refractivity contribution < 1.29 is 17.9 Å². The summed E-state index contributed by atoms with van der Waals surface area (Å²) in [6.07, 6.45) is 3.38. The molecule has 0 unspecified atom stereocenters. The molecule has 0 saturated heterocycles. The van der Waals surface area contributed by atoms with Crippen molar-refractivity contribution in [2.75, 3.05) is 7.11 Å². The number of esters is 1. The van der Waals surface area contributed by atoms with Crippen LogP contribution in [0.15, 0.2) is 47.5 Å². The molecule has 0 radical (unpaired) electrons. The zero-order chi connectivity index (χ0) is 15.0. The van der Waals surface area contributed by atoms with Gasteiger partial charge < -0.3 is 4.74 Å². The van der Waals surface area contributed by atoms with Crippen molar-refractivity contribution in [1.29, 1.82) is 0 Å². The summed E-state index contributed by atoms with van der Waals surface area (Å²) < 4.78 is 31.2. The van der Waals surface area contributed by atoms with E-state index in [0.717, 1.165) is 22.4 Å². The predicted molar refractivity (Wildman–Crippen MR) is 76.8 cm³/mol. The molecule has 0 N–H and O–H groups in total. The zero-order valence-corrected chi connectivity index (χ0v) is 12.3. The molecule has 1 aromatic heterocycles. The molecular formula is C15H15NO4S. The van der Waals surface area contributed by atoms with Crippen LogP contribution in [0.1, 0.15) is 34.8 Å². The lowest BCUT2D eigenvalue weighted by Gasteiger charge is -2.10. The smallest absolute Gasteiger partial charge is 0.356 e. The molecule has 1 fully saturated rings. The standard InChI is InChI=1S/C15H15NO4S/c1-20-15(17)14-13(11-7-8-11)9-10-16(14)21(18,19)12-5-3-2-4-6-12/h2-6,9-11H,7-8H2,1H3. The van der Waals surface area contributed by atoms with Crippen molar-refractivity contribution in [3.63, 3.8) is 0 Å². The van der Waals surface area contributed by atoms with Crippen molar-refractivity contribution in [3.8, 4) is 0 Å². The van der Waals surface area contributed by atoms with E-state index in [-0.39, 0.29) is 16.5 Å². The van der Waals surface area contributed by atoms with Crippen LogP contribution >= 0.6 is 0 Å². The highest BCUT2D eigenvalue weighted by atomic mass is 32.2. The summed E-state index contributed by atoms with van der Waals surface area (Å²) in [5.74, 6) is -0.368. The lowest BCUT2D eigenvalue weighted by atomic mass is 10.1. The number of hydrogen-bond acceptors (Lipinski definition) is 4. The number of methoxy groups -OCH3 is 1. The maximum Gasteiger partial charge on any atom is 0.356 e. The van der Waals surface area contributed by atoms with E-state index in [1.54, 1.807) is 24.3 Å². The number of rotatable bonds is 4. The number of benzene rings is 1. The molecule has 0 amide bonds. The third kappa shape index (κ3) is 2.35. The molecule has 0 aliphatic heterocycles. The van der Waals surface area contributed by atoms with Crippen molar-refractivity contribution in [1.82, 2.24) is 3.97 Å². The van der Waals surface area contributed by atoms with Gasteiger partial charge in [-0.15, -0.1) is 0 Å². The SMILES string of the molecule is COC(=O)c1c(C2CC2)ccn1S(=O)(=O)c1ccccc1. The minimum absolute atomic E-state index is 0.115. The van der Waals surface area contributed by atoms with E-state index in [4.69, 9.17) is 4.74 Å². The van der Waals surface area contributed by atoms with E-state index >= 15 is 0 Å². The fourth-order valence-electron chi connectivity index (χ4n) is 2.36. The molecule has 0 bridgehead atoms. The first kappa shape index (κ1) is 13.9. The average molecular weight is 305 g/mol. The highest BCUT2D eigenvalue weighted by Gasteiger charge is 2.34. The second kappa shape index (κ2) is 5.04. The average Bonchev–Trinajstić information content (AvgIpc) is 3.25. The van der Waals surface area contributed by atoms with Gasteiger partial charge in [0.2, 0.25) is 0 Å². The predicted octanol–water partition coefficient (Wildman–Crippen LogP) is 2.39. The number of carbonyl (C=O) groups excluding carboxylic acids is 1. The number of ether oxygens (including phenoxy) is 1. The van der Waals surface area contributed by atoms with Crippen LogP contribution in [0.4, 0.5) is 0 Å². The first-order valence-corrected chi connectivity index (χ1v) is 8.10. The normalized spacial score (nSPS) is 14.9. The Bertz CT molecular complexity index is 773. The zero-order valence-electron chi connectivity index (χ0n) is 11.5. The van der Waals surface area contributed by atoms with E-state index in [1.807, 2.05) is 0 Å². The van der Waals surface area contributed by atoms with Gasteiger partial charge in [0.1, 0.15) is 5.69 Å². The van der Waals surface area contributed by atoms with Gasteiger partial charge in [-0.3, -0.25) is 0 Å². The summed E-state index contributed by atoms with van der Waals surface area (Å²) in [7, 11) is -2.54. The summed E-state index contributed by atoms with van der Waals surface area (Å²) >= 11 is 0. The van der Waals surface area contributed by atoms with Crippen LogP contribution < -0.4 is 0 Å². The van der Waals surface area contributed by atoms with Crippen LogP contribution in [0.3, 0.4) is 0 Å². The second-order valence-electron chi connectivity index (χ2n) is 5.00. The molecule has 1 saturated carbocycles. The third-order valence-electron chi connectivity index (χ3n) is 3.58. The number of nitrogens with zero attached hydrogens (tertiary/aromatic N) is 1. The summed E-state index contributed by atoms with van der Waals surface area (Å²) in [5.41, 5.74) is 0.866. The Kier molecular flexibility index (Phi) is 3.33. The van der Waals surface area contributed by atoms with Crippen molar-refractivity contribution >= 4 is 16.0 Å². The number of carbonyl (C=O) groups is 1. The maximum absolute atomic E-state index is 12.7. The van der Waals surface area contributed by atoms with Crippen LogP contribution in [0, 0.1) is 0 Å². The van der Waals surface area contributed by atoms with E-state index in [0.29, 0.717) is 0 Å². The summed E-state index contributed by atoms with van der Waals surface area (Å²) in [4.78, 5) is 12.2. The monoisotopic (exact) mass is 305 g/mol. The quantitative estimate of drug-likeness (QED) is 0.814. The van der Waals surface area contributed by atoms with E-state index in [9.17, 15) is 13.2 Å². The molecule has 21 heavy (non-hydrogen) atoms. The highest BCUT2D eigenvalue weighted by molar-refractivity contribution is 7.90. The van der Waals surface area contributed by atoms with Gasteiger partial charge in [0.15, 0.2) is 0 Å².